The maximum atomic E-state index is 11.4. The van der Waals surface area contributed by atoms with E-state index in [1.165, 1.54) is 0 Å². The average Bonchev–Trinajstić information content (AvgIpc) is 2.75. The lowest BCUT2D eigenvalue weighted by atomic mass is 10.1. The van der Waals surface area contributed by atoms with E-state index in [-0.39, 0.29) is 0 Å². The van der Waals surface area contributed by atoms with Gasteiger partial charge in [-0.1, -0.05) is 18.2 Å². The van der Waals surface area contributed by atoms with Crippen molar-refractivity contribution in [2.45, 2.75) is 0 Å². The molecule has 5 N–H and O–H groups in total. The zero-order chi connectivity index (χ0) is 13.6. The molecule has 1 aromatic heterocycles. The standard InChI is InChI=1S/C14H11N3O2/c15-13(18)7-4-5-8-9-2-1-3-10(14(16)19)12(9)17-11(8)6-7/h1-6,17H,(H2,15,18)(H2,16,19). The Morgan fingerprint density at radius 1 is 0.947 bits per heavy atom. The lowest BCUT2D eigenvalue weighted by Crippen LogP contribution is -2.11. The van der Waals surface area contributed by atoms with E-state index in [0.29, 0.717) is 16.6 Å². The number of hydrogen-bond donors (Lipinski definition) is 3. The van der Waals surface area contributed by atoms with Crippen molar-refractivity contribution in [3.05, 3.63) is 47.5 Å². The summed E-state index contributed by atoms with van der Waals surface area (Å²) < 4.78 is 0. The third-order valence-electron chi connectivity index (χ3n) is 3.18. The van der Waals surface area contributed by atoms with Crippen LogP contribution in [-0.4, -0.2) is 16.8 Å². The number of benzene rings is 2. The molecular formula is C14H11N3O2. The molecule has 2 amide bonds. The van der Waals surface area contributed by atoms with E-state index in [0.717, 1.165) is 16.3 Å². The molecule has 0 bridgehead atoms. The third kappa shape index (κ3) is 1.63. The first-order valence-corrected chi connectivity index (χ1v) is 5.72. The number of H-pyrrole nitrogens is 1. The Labute approximate surface area is 108 Å². The number of nitrogens with one attached hydrogen (secondary N) is 1. The fraction of sp³-hybridized carbons (Fsp3) is 0. The minimum absolute atomic E-state index is 0.416. The highest BCUT2D eigenvalue weighted by molar-refractivity contribution is 6.15. The van der Waals surface area contributed by atoms with Crippen LogP contribution >= 0.6 is 0 Å². The summed E-state index contributed by atoms with van der Waals surface area (Å²) in [7, 11) is 0. The molecule has 0 spiro atoms. The van der Waals surface area contributed by atoms with Crippen LogP contribution in [0.5, 0.6) is 0 Å². The SMILES string of the molecule is NC(=O)c1ccc2c(c1)[nH]c1c(C(N)=O)cccc12. The molecule has 0 atom stereocenters. The van der Waals surface area contributed by atoms with Gasteiger partial charge in [0.15, 0.2) is 0 Å². The highest BCUT2D eigenvalue weighted by atomic mass is 16.1. The lowest BCUT2D eigenvalue weighted by Gasteiger charge is -1.97. The summed E-state index contributed by atoms with van der Waals surface area (Å²) in [5, 5.41) is 1.81. The van der Waals surface area contributed by atoms with Gasteiger partial charge in [0.25, 0.3) is 5.91 Å². The van der Waals surface area contributed by atoms with Crippen LogP contribution in [0.15, 0.2) is 36.4 Å². The number of primary amides is 2. The van der Waals surface area contributed by atoms with Gasteiger partial charge >= 0.3 is 0 Å². The average molecular weight is 253 g/mol. The molecule has 0 aliphatic carbocycles. The van der Waals surface area contributed by atoms with E-state index < -0.39 is 11.8 Å². The molecule has 5 heteroatoms. The molecule has 1 heterocycles. The van der Waals surface area contributed by atoms with Crippen molar-refractivity contribution in [3.63, 3.8) is 0 Å². The summed E-state index contributed by atoms with van der Waals surface area (Å²) in [4.78, 5) is 25.7. The Bertz CT molecular complexity index is 833. The van der Waals surface area contributed by atoms with Crippen molar-refractivity contribution in [2.75, 3.05) is 0 Å². The van der Waals surface area contributed by atoms with E-state index in [2.05, 4.69) is 4.98 Å². The first-order chi connectivity index (χ1) is 9.08. The van der Waals surface area contributed by atoms with Crippen molar-refractivity contribution in [3.8, 4) is 0 Å². The number of nitrogens with two attached hydrogens (primary N) is 2. The summed E-state index contributed by atoms with van der Waals surface area (Å²) >= 11 is 0. The first-order valence-electron chi connectivity index (χ1n) is 5.72. The minimum atomic E-state index is -0.493. The van der Waals surface area contributed by atoms with Gasteiger partial charge in [-0.3, -0.25) is 9.59 Å². The second kappa shape index (κ2) is 3.84. The van der Waals surface area contributed by atoms with Crippen molar-refractivity contribution >= 4 is 33.6 Å². The summed E-state index contributed by atoms with van der Waals surface area (Å²) in [5.74, 6) is -0.983. The highest BCUT2D eigenvalue weighted by Crippen LogP contribution is 2.28. The van der Waals surface area contributed by atoms with Gasteiger partial charge in [0.2, 0.25) is 5.91 Å². The predicted molar refractivity (Wildman–Crippen MR) is 72.8 cm³/mol. The number of fused-ring (bicyclic) bond motifs is 3. The van der Waals surface area contributed by atoms with Crippen molar-refractivity contribution in [1.29, 1.82) is 0 Å². The van der Waals surface area contributed by atoms with Gasteiger partial charge in [0, 0.05) is 21.9 Å². The topological polar surface area (TPSA) is 102 Å². The number of para-hydroxylation sites is 1. The van der Waals surface area contributed by atoms with Gasteiger partial charge in [-0.2, -0.15) is 0 Å². The largest absolute Gasteiger partial charge is 0.366 e. The molecule has 3 aromatic rings. The van der Waals surface area contributed by atoms with Gasteiger partial charge in [-0.25, -0.2) is 0 Å². The number of carbonyl (C=O) groups is 2. The predicted octanol–water partition coefficient (Wildman–Crippen LogP) is 1.52. The van der Waals surface area contributed by atoms with Crippen molar-refractivity contribution in [2.24, 2.45) is 11.5 Å². The van der Waals surface area contributed by atoms with Crippen LogP contribution in [0.1, 0.15) is 20.7 Å². The van der Waals surface area contributed by atoms with Crippen molar-refractivity contribution in [1.82, 2.24) is 4.98 Å². The molecule has 2 aromatic carbocycles. The molecule has 3 rings (SSSR count). The van der Waals surface area contributed by atoms with Gasteiger partial charge in [-0.15, -0.1) is 0 Å². The molecule has 0 fully saturated rings. The number of carbonyl (C=O) groups excluding carboxylic acids is 2. The fourth-order valence-electron chi connectivity index (χ4n) is 2.29. The molecule has 5 nitrogen and oxygen atoms in total. The van der Waals surface area contributed by atoms with Crippen molar-refractivity contribution < 1.29 is 9.59 Å². The molecule has 0 radical (unpaired) electrons. The Morgan fingerprint density at radius 3 is 2.42 bits per heavy atom. The van der Waals surface area contributed by atoms with Crippen LogP contribution < -0.4 is 11.5 Å². The van der Waals surface area contributed by atoms with Gasteiger partial charge in [0.1, 0.15) is 0 Å². The summed E-state index contributed by atoms with van der Waals surface area (Å²) in [6.45, 7) is 0. The maximum Gasteiger partial charge on any atom is 0.250 e. The Balaban J connectivity index is 2.41. The summed E-state index contributed by atoms with van der Waals surface area (Å²) in [5.41, 5.74) is 12.9. The zero-order valence-electron chi connectivity index (χ0n) is 9.94. The Morgan fingerprint density at radius 2 is 1.74 bits per heavy atom. The highest BCUT2D eigenvalue weighted by Gasteiger charge is 2.12. The monoisotopic (exact) mass is 253 g/mol. The minimum Gasteiger partial charge on any atom is -0.366 e. The van der Waals surface area contributed by atoms with E-state index in [1.54, 1.807) is 30.3 Å². The van der Waals surface area contributed by atoms with E-state index in [1.807, 2.05) is 6.07 Å². The van der Waals surface area contributed by atoms with E-state index in [4.69, 9.17) is 11.5 Å². The first kappa shape index (κ1) is 11.3. The summed E-state index contributed by atoms with van der Waals surface area (Å²) in [6.07, 6.45) is 0. The molecule has 0 aliphatic rings. The molecule has 0 unspecified atom stereocenters. The molecule has 19 heavy (non-hydrogen) atoms. The fourth-order valence-corrected chi connectivity index (χ4v) is 2.29. The smallest absolute Gasteiger partial charge is 0.250 e. The van der Waals surface area contributed by atoms with Crippen LogP contribution in [0.2, 0.25) is 0 Å². The number of aromatic amines is 1. The Hall–Kier alpha value is -2.82. The van der Waals surface area contributed by atoms with Crippen LogP contribution in [-0.2, 0) is 0 Å². The maximum absolute atomic E-state index is 11.4. The van der Waals surface area contributed by atoms with Crippen LogP contribution in [0, 0.1) is 0 Å². The third-order valence-corrected chi connectivity index (χ3v) is 3.18. The van der Waals surface area contributed by atoms with Crippen LogP contribution in [0.4, 0.5) is 0 Å². The lowest BCUT2D eigenvalue weighted by molar-refractivity contribution is 0.0992. The number of hydrogen-bond acceptors (Lipinski definition) is 2. The zero-order valence-corrected chi connectivity index (χ0v) is 9.94. The second-order valence-electron chi connectivity index (χ2n) is 4.34. The number of amides is 2. The molecule has 0 saturated carbocycles. The normalized spacial score (nSPS) is 10.9. The van der Waals surface area contributed by atoms with E-state index >= 15 is 0 Å². The second-order valence-corrected chi connectivity index (χ2v) is 4.34. The molecule has 0 saturated heterocycles. The van der Waals surface area contributed by atoms with Crippen LogP contribution in [0.3, 0.4) is 0 Å². The quantitative estimate of drug-likeness (QED) is 0.644. The molecule has 0 aliphatic heterocycles. The van der Waals surface area contributed by atoms with Gasteiger partial charge in [0.05, 0.1) is 11.1 Å². The van der Waals surface area contributed by atoms with Gasteiger partial charge in [-0.05, 0) is 18.2 Å². The summed E-state index contributed by atoms with van der Waals surface area (Å²) in [6, 6.07) is 10.5. The Kier molecular flexibility index (Phi) is 2.28. The van der Waals surface area contributed by atoms with Gasteiger partial charge < -0.3 is 16.5 Å². The van der Waals surface area contributed by atoms with Crippen LogP contribution in [0.25, 0.3) is 21.8 Å². The molecular weight excluding hydrogens is 242 g/mol. The van der Waals surface area contributed by atoms with E-state index in [9.17, 15) is 9.59 Å². The number of rotatable bonds is 2. The molecule has 94 valence electrons. The number of aromatic nitrogens is 1.